The average Bonchev–Trinajstić information content (AvgIpc) is 3.23. The molecule has 25 heavy (non-hydrogen) atoms. The maximum atomic E-state index is 13.1. The Kier molecular flexibility index (Phi) is 4.32. The van der Waals surface area contributed by atoms with Crippen molar-refractivity contribution in [3.05, 3.63) is 41.8 Å². The second-order valence-electron chi connectivity index (χ2n) is 6.76. The average molecular weight is 345 g/mol. The molecule has 2 aromatic rings. The third-order valence-electron chi connectivity index (χ3n) is 5.12. The number of aromatic amines is 1. The molecule has 1 aromatic carbocycles. The van der Waals surface area contributed by atoms with Gasteiger partial charge in [-0.1, -0.05) is 13.8 Å². The molecule has 6 nitrogen and oxygen atoms in total. The molecule has 7 heteroatoms. The van der Waals surface area contributed by atoms with E-state index in [9.17, 15) is 19.1 Å². The van der Waals surface area contributed by atoms with E-state index in [1.165, 1.54) is 18.3 Å². The highest BCUT2D eigenvalue weighted by molar-refractivity contribution is 6.00. The number of benzene rings is 1. The zero-order valence-electron chi connectivity index (χ0n) is 14.1. The van der Waals surface area contributed by atoms with Gasteiger partial charge < -0.3 is 10.0 Å². The van der Waals surface area contributed by atoms with Crippen LogP contribution in [0.1, 0.15) is 30.6 Å². The molecular weight excluding hydrogens is 325 g/mol. The standard InChI is InChI=1S/C18H20FN3O3/c1-11(2)18(17(24)25)7-8-22(10-18)16(23)14-9-20-21-15(14)12-3-5-13(19)6-4-12/h3-6,9,11H,7-8,10H2,1-2H3,(H,20,21)(H,24,25). The van der Waals surface area contributed by atoms with Gasteiger partial charge in [-0.25, -0.2) is 4.39 Å². The number of carbonyl (C=O) groups is 2. The van der Waals surface area contributed by atoms with Gasteiger partial charge >= 0.3 is 5.97 Å². The van der Waals surface area contributed by atoms with Crippen molar-refractivity contribution in [3.8, 4) is 11.3 Å². The highest BCUT2D eigenvalue weighted by Crippen LogP contribution is 2.39. The van der Waals surface area contributed by atoms with E-state index in [1.807, 2.05) is 13.8 Å². The number of nitrogens with one attached hydrogen (secondary N) is 1. The summed E-state index contributed by atoms with van der Waals surface area (Å²) < 4.78 is 13.1. The van der Waals surface area contributed by atoms with E-state index in [2.05, 4.69) is 10.2 Å². The first-order valence-electron chi connectivity index (χ1n) is 8.17. The second-order valence-corrected chi connectivity index (χ2v) is 6.76. The van der Waals surface area contributed by atoms with Crippen LogP contribution in [0.15, 0.2) is 30.5 Å². The number of nitrogens with zero attached hydrogens (tertiary/aromatic N) is 2. The smallest absolute Gasteiger partial charge is 0.311 e. The van der Waals surface area contributed by atoms with Crippen LogP contribution < -0.4 is 0 Å². The number of aromatic nitrogens is 2. The maximum absolute atomic E-state index is 13.1. The number of rotatable bonds is 4. The van der Waals surface area contributed by atoms with Crippen molar-refractivity contribution in [1.82, 2.24) is 15.1 Å². The zero-order valence-corrected chi connectivity index (χ0v) is 14.1. The number of aliphatic carboxylic acids is 1. The van der Waals surface area contributed by atoms with Crippen LogP contribution in [0.4, 0.5) is 4.39 Å². The number of likely N-dealkylation sites (tertiary alicyclic amines) is 1. The van der Waals surface area contributed by atoms with Crippen LogP contribution in [0.25, 0.3) is 11.3 Å². The first-order chi connectivity index (χ1) is 11.8. The summed E-state index contributed by atoms with van der Waals surface area (Å²) in [6, 6.07) is 5.77. The molecule has 0 radical (unpaired) electrons. The molecule has 1 atom stereocenters. The van der Waals surface area contributed by atoms with Gasteiger partial charge in [0.05, 0.1) is 22.9 Å². The number of amides is 1. The van der Waals surface area contributed by atoms with Gasteiger partial charge in [0, 0.05) is 18.7 Å². The van der Waals surface area contributed by atoms with Gasteiger partial charge in [-0.15, -0.1) is 0 Å². The lowest BCUT2D eigenvalue weighted by Gasteiger charge is -2.28. The molecule has 1 aromatic heterocycles. The number of carbonyl (C=O) groups excluding carboxylic acids is 1. The van der Waals surface area contributed by atoms with Crippen molar-refractivity contribution < 1.29 is 19.1 Å². The molecule has 1 amide bonds. The lowest BCUT2D eigenvalue weighted by molar-refractivity contribution is -0.150. The Hall–Kier alpha value is -2.70. The van der Waals surface area contributed by atoms with Crippen LogP contribution in [0.2, 0.25) is 0 Å². The minimum atomic E-state index is -0.921. The van der Waals surface area contributed by atoms with Crippen molar-refractivity contribution in [2.24, 2.45) is 11.3 Å². The Morgan fingerprint density at radius 1 is 1.32 bits per heavy atom. The number of H-pyrrole nitrogens is 1. The van der Waals surface area contributed by atoms with Crippen LogP contribution in [-0.2, 0) is 4.79 Å². The topological polar surface area (TPSA) is 86.3 Å². The molecule has 1 aliphatic heterocycles. The highest BCUT2D eigenvalue weighted by Gasteiger charge is 2.48. The van der Waals surface area contributed by atoms with Crippen LogP contribution in [-0.4, -0.2) is 45.2 Å². The molecular formula is C18H20FN3O3. The van der Waals surface area contributed by atoms with E-state index in [4.69, 9.17) is 0 Å². The zero-order chi connectivity index (χ0) is 18.2. The van der Waals surface area contributed by atoms with Crippen LogP contribution in [0, 0.1) is 17.2 Å². The van der Waals surface area contributed by atoms with E-state index >= 15 is 0 Å². The van der Waals surface area contributed by atoms with Gasteiger partial charge in [0.15, 0.2) is 0 Å². The van der Waals surface area contributed by atoms with E-state index in [0.29, 0.717) is 29.8 Å². The Morgan fingerprint density at radius 3 is 2.56 bits per heavy atom. The monoisotopic (exact) mass is 345 g/mol. The fourth-order valence-electron chi connectivity index (χ4n) is 3.35. The summed E-state index contributed by atoms with van der Waals surface area (Å²) in [6.07, 6.45) is 1.85. The van der Waals surface area contributed by atoms with E-state index in [0.717, 1.165) is 0 Å². The summed E-state index contributed by atoms with van der Waals surface area (Å²) in [5.41, 5.74) is 0.587. The molecule has 1 saturated heterocycles. The molecule has 0 saturated carbocycles. The summed E-state index contributed by atoms with van der Waals surface area (Å²) >= 11 is 0. The highest BCUT2D eigenvalue weighted by atomic mass is 19.1. The van der Waals surface area contributed by atoms with E-state index < -0.39 is 11.4 Å². The Bertz CT molecular complexity index is 800. The molecule has 0 spiro atoms. The number of halogens is 1. The van der Waals surface area contributed by atoms with Crippen molar-refractivity contribution in [2.75, 3.05) is 13.1 Å². The third-order valence-corrected chi connectivity index (χ3v) is 5.12. The Morgan fingerprint density at radius 2 is 2.00 bits per heavy atom. The SMILES string of the molecule is CC(C)C1(C(=O)O)CCN(C(=O)c2cn[nH]c2-c2ccc(F)cc2)C1. The van der Waals surface area contributed by atoms with Crippen LogP contribution in [0.5, 0.6) is 0 Å². The quantitative estimate of drug-likeness (QED) is 0.892. The minimum absolute atomic E-state index is 0.0799. The van der Waals surface area contributed by atoms with Gasteiger partial charge in [-0.3, -0.25) is 14.7 Å². The first kappa shape index (κ1) is 17.1. The fraction of sp³-hybridized carbons (Fsp3) is 0.389. The van der Waals surface area contributed by atoms with Crippen molar-refractivity contribution in [3.63, 3.8) is 0 Å². The maximum Gasteiger partial charge on any atom is 0.311 e. The first-order valence-corrected chi connectivity index (χ1v) is 8.17. The molecule has 1 unspecified atom stereocenters. The molecule has 132 valence electrons. The molecule has 1 aliphatic rings. The molecule has 2 heterocycles. The Labute approximate surface area is 144 Å². The van der Waals surface area contributed by atoms with Gasteiger partial charge in [0.25, 0.3) is 5.91 Å². The predicted molar refractivity (Wildman–Crippen MR) is 89.4 cm³/mol. The van der Waals surface area contributed by atoms with Crippen molar-refractivity contribution in [2.45, 2.75) is 20.3 Å². The largest absolute Gasteiger partial charge is 0.481 e. The van der Waals surface area contributed by atoms with Crippen molar-refractivity contribution in [1.29, 1.82) is 0 Å². The number of hydrogen-bond donors (Lipinski definition) is 2. The number of carboxylic acids is 1. The van der Waals surface area contributed by atoms with Crippen LogP contribution >= 0.6 is 0 Å². The molecule has 0 bridgehead atoms. The molecule has 3 rings (SSSR count). The molecule has 0 aliphatic carbocycles. The third kappa shape index (κ3) is 2.90. The summed E-state index contributed by atoms with van der Waals surface area (Å²) in [7, 11) is 0. The van der Waals surface area contributed by atoms with Crippen molar-refractivity contribution >= 4 is 11.9 Å². The number of carboxylic acid groups (broad SMARTS) is 1. The van der Waals surface area contributed by atoms with Gasteiger partial charge in [-0.2, -0.15) is 5.10 Å². The van der Waals surface area contributed by atoms with Crippen LogP contribution in [0.3, 0.4) is 0 Å². The summed E-state index contributed by atoms with van der Waals surface area (Å²) in [4.78, 5) is 26.2. The molecule has 1 fully saturated rings. The van der Waals surface area contributed by atoms with Gasteiger partial charge in [0.2, 0.25) is 0 Å². The predicted octanol–water partition coefficient (Wildman–Crippen LogP) is 2.79. The Balaban J connectivity index is 1.87. The summed E-state index contributed by atoms with van der Waals surface area (Å²) in [6.45, 7) is 4.29. The normalized spacial score (nSPS) is 20.2. The lowest BCUT2D eigenvalue weighted by atomic mass is 9.76. The fourth-order valence-corrected chi connectivity index (χ4v) is 3.35. The van der Waals surface area contributed by atoms with Gasteiger partial charge in [-0.05, 0) is 36.6 Å². The van der Waals surface area contributed by atoms with E-state index in [-0.39, 0.29) is 24.2 Å². The number of hydrogen-bond acceptors (Lipinski definition) is 3. The second kappa shape index (κ2) is 6.31. The molecule has 2 N–H and O–H groups in total. The summed E-state index contributed by atoms with van der Waals surface area (Å²) in [5.74, 6) is -1.58. The van der Waals surface area contributed by atoms with E-state index in [1.54, 1.807) is 17.0 Å². The van der Waals surface area contributed by atoms with Gasteiger partial charge in [0.1, 0.15) is 5.82 Å². The summed E-state index contributed by atoms with van der Waals surface area (Å²) in [5, 5.41) is 16.3. The minimum Gasteiger partial charge on any atom is -0.481 e. The lowest BCUT2D eigenvalue weighted by Crippen LogP contribution is -2.40.